The monoisotopic (exact) mass is 556 g/mol. The molecule has 18 heteroatoms. The molecule has 1 aromatic rings. The summed E-state index contributed by atoms with van der Waals surface area (Å²) in [5, 5.41) is 5.76. The first-order valence-electron chi connectivity index (χ1n) is 6.85. The van der Waals surface area contributed by atoms with Gasteiger partial charge in [-0.1, -0.05) is 0 Å². The summed E-state index contributed by atoms with van der Waals surface area (Å²) in [6.45, 7) is -0.466. The third-order valence-corrected chi connectivity index (χ3v) is 4.91. The number of anilines is 3. The Morgan fingerprint density at radius 3 is 2.46 bits per heavy atom. The van der Waals surface area contributed by atoms with Crippen molar-refractivity contribution in [1.82, 2.24) is 9.97 Å². The molecule has 3 atom stereocenters. The van der Waals surface area contributed by atoms with E-state index in [0.717, 1.165) is 0 Å². The van der Waals surface area contributed by atoms with Gasteiger partial charge >= 0.3 is 33.1 Å². The molecule has 3 heterocycles. The first-order valence-corrected chi connectivity index (χ1v) is 10.8. The van der Waals surface area contributed by atoms with Crippen LogP contribution < -0.4 is 21.9 Å². The van der Waals surface area contributed by atoms with Crippen LogP contribution in [0.4, 0.5) is 17.5 Å². The molecule has 2 aliphatic rings. The van der Waals surface area contributed by atoms with Crippen molar-refractivity contribution in [2.24, 2.45) is 0 Å². The fourth-order valence-electron chi connectivity index (χ4n) is 2.32. The molecule has 2 aliphatic heterocycles. The molecule has 13 nitrogen and oxygen atoms in total. The Morgan fingerprint density at radius 1 is 1.29 bits per heavy atom. The molecular formula is C10H13MoN5O8PS3-3. The third kappa shape index (κ3) is 6.08. The van der Waals surface area contributed by atoms with Crippen LogP contribution in [0.5, 0.6) is 0 Å². The van der Waals surface area contributed by atoms with E-state index in [4.69, 9.17) is 52.3 Å². The number of phosphoric ester groups is 1. The number of nitrogens with one attached hydrogen (secondary N) is 3. The molecule has 0 amide bonds. The van der Waals surface area contributed by atoms with E-state index in [0.29, 0.717) is 0 Å². The fraction of sp³-hybridized carbons (Fsp3) is 0.400. The number of nitrogens with zero attached hydrogens (tertiary/aromatic N) is 1. The molecule has 0 fully saturated rings. The Morgan fingerprint density at radius 2 is 1.89 bits per heavy atom. The Balaban J connectivity index is 0.000000921. The smallest absolute Gasteiger partial charge is 0.813 e. The number of thiol groups is 1. The van der Waals surface area contributed by atoms with Crippen LogP contribution in [0.2, 0.25) is 0 Å². The van der Waals surface area contributed by atoms with Crippen LogP contribution >= 0.6 is 7.82 Å². The van der Waals surface area contributed by atoms with E-state index in [1.54, 1.807) is 0 Å². The fourth-order valence-corrected chi connectivity index (χ4v) is 3.22. The molecule has 0 bridgehead atoms. The van der Waals surface area contributed by atoms with E-state index in [1.807, 2.05) is 0 Å². The molecule has 28 heavy (non-hydrogen) atoms. The third-order valence-electron chi connectivity index (χ3n) is 3.34. The predicted molar refractivity (Wildman–Crippen MR) is 98.8 cm³/mol. The van der Waals surface area contributed by atoms with Crippen molar-refractivity contribution in [1.29, 1.82) is 0 Å². The Bertz CT molecular complexity index is 904. The number of aromatic nitrogens is 2. The maximum Gasteiger partial charge on any atom is -0.813 e. The number of rotatable bonds is 3. The van der Waals surface area contributed by atoms with Gasteiger partial charge in [0.1, 0.15) is 5.69 Å². The standard InChI is InChI=1S/C10H14N5O6PS2.Mo.2O.H2S/c11-10-14-7-4(8(16)15-10)12-3-6(24)5(23)2(21-9(3)13-7)1-20-22(17,18)19;;;;/h2-3,9,12,23-24H,1H2,(H2,17,18,19)(H4,11,13,14,15,16);;;;1H2/p-3/t2-,3-,9+;;;;/m0..../s1. The number of hydrogen-bond acceptors (Lipinski definition) is 13. The molecule has 0 saturated heterocycles. The van der Waals surface area contributed by atoms with E-state index in [9.17, 15) is 9.36 Å². The van der Waals surface area contributed by atoms with Gasteiger partial charge in [0.25, 0.3) is 5.56 Å². The van der Waals surface area contributed by atoms with Gasteiger partial charge in [-0.3, -0.25) is 14.3 Å². The average molecular weight is 554 g/mol. The summed E-state index contributed by atoms with van der Waals surface area (Å²) in [6, 6.07) is -0.627. The predicted octanol–water partition coefficient (Wildman–Crippen LogP) is -1.81. The first kappa shape index (κ1) is 25.2. The maximum absolute atomic E-state index is 11.9. The maximum atomic E-state index is 11.9. The van der Waals surface area contributed by atoms with Gasteiger partial charge in [0.15, 0.2) is 12.0 Å². The second-order valence-corrected chi connectivity index (χ2v) is 7.52. The zero-order chi connectivity index (χ0) is 20.4. The average Bonchev–Trinajstić information content (AvgIpc) is 2.55. The summed E-state index contributed by atoms with van der Waals surface area (Å²) in [6.07, 6.45) is -1.70. The van der Waals surface area contributed by atoms with Gasteiger partial charge in [0.2, 0.25) is 5.95 Å². The Kier molecular flexibility index (Phi) is 9.25. The second-order valence-electron chi connectivity index (χ2n) is 5.07. The van der Waals surface area contributed by atoms with Crippen LogP contribution in [0.25, 0.3) is 0 Å². The molecule has 7 N–H and O–H groups in total. The van der Waals surface area contributed by atoms with Gasteiger partial charge in [0.05, 0.1) is 18.8 Å². The number of ether oxygens (including phenoxy) is 1. The largest absolute Gasteiger partial charge is 0.813 e. The number of nitrogen functional groups attached to an aromatic ring is 1. The number of hydrogen-bond donors (Lipinski definition) is 6. The Labute approximate surface area is 183 Å². The molecule has 0 saturated carbocycles. The van der Waals surface area contributed by atoms with E-state index >= 15 is 0 Å². The minimum absolute atomic E-state index is 0. The molecule has 0 aliphatic carbocycles. The summed E-state index contributed by atoms with van der Waals surface area (Å²) in [5.74, 6) is 0.0876. The van der Waals surface area contributed by atoms with Crippen molar-refractivity contribution in [3.8, 4) is 0 Å². The summed E-state index contributed by atoms with van der Waals surface area (Å²) >= 11 is 8.42. The summed E-state index contributed by atoms with van der Waals surface area (Å²) < 4.78 is 37.9. The van der Waals surface area contributed by atoms with Gasteiger partial charge < -0.3 is 69.6 Å². The van der Waals surface area contributed by atoms with Crippen molar-refractivity contribution < 1.29 is 48.9 Å². The topological polar surface area (TPSA) is 206 Å². The van der Waals surface area contributed by atoms with Crippen molar-refractivity contribution in [3.05, 3.63) is 20.2 Å². The van der Waals surface area contributed by atoms with Gasteiger partial charge in [0, 0.05) is 0 Å². The summed E-state index contributed by atoms with van der Waals surface area (Å²) in [4.78, 5) is 36.3. The molecule has 0 spiro atoms. The summed E-state index contributed by atoms with van der Waals surface area (Å²) in [5.41, 5.74) is 5.15. The van der Waals surface area contributed by atoms with Crippen molar-refractivity contribution in [3.63, 3.8) is 0 Å². The number of fused-ring (bicyclic) bond motifs is 2. The molecule has 0 radical (unpaired) electrons. The van der Waals surface area contributed by atoms with E-state index in [2.05, 4.69) is 25.1 Å². The zero-order valence-corrected chi connectivity index (χ0v) is 18.9. The van der Waals surface area contributed by atoms with Gasteiger partial charge in [-0.2, -0.15) is 14.8 Å². The van der Waals surface area contributed by atoms with E-state index in [1.165, 1.54) is 0 Å². The second kappa shape index (κ2) is 10.3. The molecule has 1 aromatic heterocycles. The van der Waals surface area contributed by atoms with Crippen molar-refractivity contribution >= 4 is 64.0 Å². The van der Waals surface area contributed by atoms with Crippen LogP contribution in [0.1, 0.15) is 0 Å². The van der Waals surface area contributed by atoms with E-state index in [-0.39, 0.29) is 40.8 Å². The van der Waals surface area contributed by atoms with Gasteiger partial charge in [-0.25, -0.2) is 4.57 Å². The zero-order valence-electron chi connectivity index (χ0n) is 13.4. The Hall–Kier alpha value is -0.832. The van der Waals surface area contributed by atoms with Crippen molar-refractivity contribution in [2.75, 3.05) is 23.0 Å². The number of aromatic amines is 1. The van der Waals surface area contributed by atoms with Crippen LogP contribution in [-0.2, 0) is 77.9 Å². The first-order chi connectivity index (χ1) is 12.6. The number of H-pyrrole nitrogens is 1. The number of nitrogens with two attached hydrogens (primary N) is 1. The van der Waals surface area contributed by atoms with Gasteiger partial charge in [-0.05, 0) is 0 Å². The normalized spacial score (nSPS) is 22.9. The van der Waals surface area contributed by atoms with Crippen LogP contribution in [0, 0.1) is 0 Å². The minimum atomic E-state index is -4.67. The molecule has 3 rings (SSSR count). The molecule has 0 aromatic carbocycles. The van der Waals surface area contributed by atoms with E-state index < -0.39 is 56.9 Å². The molecule has 0 unspecified atom stereocenters. The quantitative estimate of drug-likeness (QED) is 0.105. The molecule has 158 valence electrons. The molecular weight excluding hydrogens is 541 g/mol. The van der Waals surface area contributed by atoms with Crippen LogP contribution in [0.3, 0.4) is 0 Å². The minimum Gasteiger partial charge on any atom is -0.813 e. The number of phosphoric acid groups is 1. The van der Waals surface area contributed by atoms with Crippen LogP contribution in [-0.4, -0.2) is 44.7 Å². The van der Waals surface area contributed by atoms with Crippen LogP contribution in [0.15, 0.2) is 14.6 Å². The van der Waals surface area contributed by atoms with Crippen molar-refractivity contribution in [2.45, 2.75) is 18.4 Å². The SMILES string of the molecule is Nc1nc2c(c(=O)[nH]1)N[C@H]1C([S-])=C([S-])[C@H](COP(=O)(O)O)O[C@H]1N2.[O]=[Mo]=[O].[SH-]. The van der Waals surface area contributed by atoms with Gasteiger partial charge in [-0.15, -0.1) is 0 Å². The summed E-state index contributed by atoms with van der Waals surface area (Å²) in [7, 11) is -4.67.